The molecule has 2 aromatic rings. The second kappa shape index (κ2) is 9.50. The molecule has 1 saturated carbocycles. The normalized spacial score (nSPS) is 18.7. The van der Waals surface area contributed by atoms with E-state index in [1.165, 1.54) is 6.42 Å². The van der Waals surface area contributed by atoms with E-state index < -0.39 is 5.97 Å². The van der Waals surface area contributed by atoms with Crippen LogP contribution in [0.25, 0.3) is 0 Å². The number of hydrogen-bond acceptors (Lipinski definition) is 4. The molecule has 1 fully saturated rings. The summed E-state index contributed by atoms with van der Waals surface area (Å²) < 4.78 is 5.21. The second-order valence-electron chi connectivity index (χ2n) is 7.75. The van der Waals surface area contributed by atoms with Crippen LogP contribution < -0.4 is 5.32 Å². The SMILES string of the molecule is Cc1ccc(C(=O)c2ccccc2C(=O)OCC(=O)N[C@@H]2CCCC[C@@H]2C)cc1. The van der Waals surface area contributed by atoms with Crippen molar-refractivity contribution in [3.8, 4) is 0 Å². The molecule has 0 spiro atoms. The van der Waals surface area contributed by atoms with Crippen LogP contribution in [0.1, 0.15) is 64.4 Å². The highest BCUT2D eigenvalue weighted by atomic mass is 16.5. The Morgan fingerprint density at radius 3 is 2.31 bits per heavy atom. The molecule has 0 unspecified atom stereocenters. The Bertz CT molecular complexity index is 888. The minimum Gasteiger partial charge on any atom is -0.452 e. The molecular weight excluding hydrogens is 366 g/mol. The van der Waals surface area contributed by atoms with Crippen molar-refractivity contribution in [2.24, 2.45) is 5.92 Å². The van der Waals surface area contributed by atoms with Gasteiger partial charge in [-0.1, -0.05) is 67.8 Å². The van der Waals surface area contributed by atoms with Crippen LogP contribution in [0.5, 0.6) is 0 Å². The quantitative estimate of drug-likeness (QED) is 0.593. The van der Waals surface area contributed by atoms with E-state index in [2.05, 4.69) is 12.2 Å². The number of ether oxygens (including phenoxy) is 1. The zero-order chi connectivity index (χ0) is 20.8. The first kappa shape index (κ1) is 20.8. The molecule has 5 heteroatoms. The third-order valence-corrected chi connectivity index (χ3v) is 5.50. The van der Waals surface area contributed by atoms with E-state index in [0.29, 0.717) is 11.5 Å². The van der Waals surface area contributed by atoms with Crippen molar-refractivity contribution >= 4 is 17.7 Å². The van der Waals surface area contributed by atoms with Crippen molar-refractivity contribution in [3.63, 3.8) is 0 Å². The molecule has 1 aliphatic carbocycles. The lowest BCUT2D eigenvalue weighted by molar-refractivity contribution is -0.125. The van der Waals surface area contributed by atoms with Gasteiger partial charge in [0.2, 0.25) is 0 Å². The van der Waals surface area contributed by atoms with Crippen LogP contribution in [-0.2, 0) is 9.53 Å². The summed E-state index contributed by atoms with van der Waals surface area (Å²) in [6, 6.07) is 13.8. The van der Waals surface area contributed by atoms with E-state index in [9.17, 15) is 14.4 Å². The Hall–Kier alpha value is -2.95. The fourth-order valence-corrected chi connectivity index (χ4v) is 3.71. The lowest BCUT2D eigenvalue weighted by Crippen LogP contribution is -2.42. The van der Waals surface area contributed by atoms with Crippen molar-refractivity contribution in [3.05, 3.63) is 70.8 Å². The molecule has 152 valence electrons. The molecule has 1 amide bonds. The second-order valence-corrected chi connectivity index (χ2v) is 7.75. The Labute approximate surface area is 171 Å². The predicted octanol–water partition coefficient (Wildman–Crippen LogP) is 4.08. The van der Waals surface area contributed by atoms with Gasteiger partial charge in [-0.15, -0.1) is 0 Å². The summed E-state index contributed by atoms with van der Waals surface area (Å²) in [5.74, 6) is -0.804. The highest BCUT2D eigenvalue weighted by molar-refractivity contribution is 6.14. The lowest BCUT2D eigenvalue weighted by Gasteiger charge is -2.29. The number of hydrogen-bond donors (Lipinski definition) is 1. The minimum atomic E-state index is -0.673. The molecule has 5 nitrogen and oxygen atoms in total. The van der Waals surface area contributed by atoms with Gasteiger partial charge in [-0.2, -0.15) is 0 Å². The highest BCUT2D eigenvalue weighted by Crippen LogP contribution is 2.23. The maximum absolute atomic E-state index is 12.8. The van der Waals surface area contributed by atoms with Crippen LogP contribution >= 0.6 is 0 Å². The molecule has 0 bridgehead atoms. The van der Waals surface area contributed by atoms with Gasteiger partial charge in [0.05, 0.1) is 5.56 Å². The zero-order valence-corrected chi connectivity index (χ0v) is 16.9. The number of rotatable bonds is 6. The van der Waals surface area contributed by atoms with E-state index in [4.69, 9.17) is 4.74 Å². The third kappa shape index (κ3) is 5.31. The molecule has 3 rings (SSSR count). The highest BCUT2D eigenvalue weighted by Gasteiger charge is 2.24. The number of esters is 1. The number of carbonyl (C=O) groups is 3. The van der Waals surface area contributed by atoms with Crippen LogP contribution in [-0.4, -0.2) is 30.3 Å². The van der Waals surface area contributed by atoms with Crippen LogP contribution in [0.2, 0.25) is 0 Å². The van der Waals surface area contributed by atoms with Crippen molar-refractivity contribution < 1.29 is 19.1 Å². The first-order valence-corrected chi connectivity index (χ1v) is 10.1. The van der Waals surface area contributed by atoms with Gasteiger partial charge in [-0.25, -0.2) is 4.79 Å². The molecule has 29 heavy (non-hydrogen) atoms. The van der Waals surface area contributed by atoms with Crippen molar-refractivity contribution in [2.75, 3.05) is 6.61 Å². The van der Waals surface area contributed by atoms with Crippen LogP contribution in [0.3, 0.4) is 0 Å². The molecule has 0 aliphatic heterocycles. The summed E-state index contributed by atoms with van der Waals surface area (Å²) in [4.78, 5) is 37.6. The summed E-state index contributed by atoms with van der Waals surface area (Å²) in [5.41, 5.74) is 1.98. The Kier molecular flexibility index (Phi) is 6.81. The maximum Gasteiger partial charge on any atom is 0.339 e. The lowest BCUT2D eigenvalue weighted by atomic mass is 9.86. The van der Waals surface area contributed by atoms with Gasteiger partial charge in [0.25, 0.3) is 5.91 Å². The molecule has 0 radical (unpaired) electrons. The standard InChI is InChI=1S/C24H27NO4/c1-16-11-13-18(14-12-16)23(27)19-8-4-5-9-20(19)24(28)29-15-22(26)25-21-10-6-3-7-17(21)2/h4-5,8-9,11-14,17,21H,3,6-7,10,15H2,1-2H3,(H,25,26)/t17-,21+/m0/s1. The number of benzene rings is 2. The van der Waals surface area contributed by atoms with Crippen molar-refractivity contribution in [2.45, 2.75) is 45.6 Å². The first-order chi connectivity index (χ1) is 14.0. The maximum atomic E-state index is 12.8. The van der Waals surface area contributed by atoms with Crippen LogP contribution in [0.4, 0.5) is 0 Å². The Morgan fingerprint density at radius 2 is 1.62 bits per heavy atom. The smallest absolute Gasteiger partial charge is 0.339 e. The average molecular weight is 393 g/mol. The average Bonchev–Trinajstić information content (AvgIpc) is 2.74. The molecule has 2 aromatic carbocycles. The Balaban J connectivity index is 1.64. The summed E-state index contributed by atoms with van der Waals surface area (Å²) in [7, 11) is 0. The summed E-state index contributed by atoms with van der Waals surface area (Å²) in [6.07, 6.45) is 4.34. The molecule has 1 aliphatic rings. The molecule has 2 atom stereocenters. The Morgan fingerprint density at radius 1 is 0.966 bits per heavy atom. The monoisotopic (exact) mass is 393 g/mol. The molecule has 0 saturated heterocycles. The molecular formula is C24H27NO4. The first-order valence-electron chi connectivity index (χ1n) is 10.1. The van der Waals surface area contributed by atoms with Crippen LogP contribution in [0, 0.1) is 12.8 Å². The van der Waals surface area contributed by atoms with Gasteiger partial charge >= 0.3 is 5.97 Å². The van der Waals surface area contributed by atoms with Gasteiger partial charge in [-0.05, 0) is 31.7 Å². The third-order valence-electron chi connectivity index (χ3n) is 5.50. The van der Waals surface area contributed by atoms with Gasteiger partial charge in [-0.3, -0.25) is 9.59 Å². The molecule has 1 N–H and O–H groups in total. The molecule has 0 aromatic heterocycles. The predicted molar refractivity (Wildman–Crippen MR) is 111 cm³/mol. The number of ketones is 1. The summed E-state index contributed by atoms with van der Waals surface area (Å²) >= 11 is 0. The van der Waals surface area contributed by atoms with E-state index in [1.807, 2.05) is 19.1 Å². The number of amides is 1. The van der Waals surface area contributed by atoms with Crippen LogP contribution in [0.15, 0.2) is 48.5 Å². The van der Waals surface area contributed by atoms with Gasteiger partial charge < -0.3 is 10.1 Å². The minimum absolute atomic E-state index is 0.130. The number of nitrogens with one attached hydrogen (secondary N) is 1. The van der Waals surface area contributed by atoms with E-state index >= 15 is 0 Å². The van der Waals surface area contributed by atoms with E-state index in [1.54, 1.807) is 36.4 Å². The fourth-order valence-electron chi connectivity index (χ4n) is 3.71. The fraction of sp³-hybridized carbons (Fsp3) is 0.375. The molecule has 0 heterocycles. The number of carbonyl (C=O) groups excluding carboxylic acids is 3. The zero-order valence-electron chi connectivity index (χ0n) is 16.9. The van der Waals surface area contributed by atoms with Crippen molar-refractivity contribution in [1.29, 1.82) is 0 Å². The largest absolute Gasteiger partial charge is 0.452 e. The van der Waals surface area contributed by atoms with Crippen molar-refractivity contribution in [1.82, 2.24) is 5.32 Å². The summed E-state index contributed by atoms with van der Waals surface area (Å²) in [5, 5.41) is 2.96. The van der Waals surface area contributed by atoms with E-state index in [0.717, 1.165) is 24.8 Å². The summed E-state index contributed by atoms with van der Waals surface area (Å²) in [6.45, 7) is 3.72. The number of aryl methyl sites for hydroxylation is 1. The van der Waals surface area contributed by atoms with Gasteiger partial charge in [0, 0.05) is 17.2 Å². The topological polar surface area (TPSA) is 72.5 Å². The van der Waals surface area contributed by atoms with Gasteiger partial charge in [0.1, 0.15) is 0 Å². The van der Waals surface area contributed by atoms with Gasteiger partial charge in [0.15, 0.2) is 12.4 Å². The van der Waals surface area contributed by atoms with E-state index in [-0.39, 0.29) is 35.5 Å².